The van der Waals surface area contributed by atoms with Crippen molar-refractivity contribution in [2.75, 3.05) is 26.4 Å². The van der Waals surface area contributed by atoms with Crippen molar-refractivity contribution < 1.29 is 35.7 Å². The third-order valence-electron chi connectivity index (χ3n) is 9.43. The molecule has 5 nitrogen and oxygen atoms in total. The molecule has 39 heavy (non-hydrogen) atoms. The number of rotatable bonds is 10. The minimum atomic E-state index is -0.579. The number of fused-ring (bicyclic) bond motifs is 2. The molecule has 1 saturated heterocycles. The molecule has 0 spiro atoms. The first-order chi connectivity index (χ1) is 18.4. The lowest BCUT2D eigenvalue weighted by Crippen LogP contribution is -3.00. The van der Waals surface area contributed by atoms with E-state index in [4.69, 9.17) is 15.2 Å². The molecule has 2 heterocycles. The Balaban J connectivity index is 0.00000308. The van der Waals surface area contributed by atoms with Gasteiger partial charge in [0.1, 0.15) is 6.54 Å². The van der Waals surface area contributed by atoms with Crippen LogP contribution in [0.1, 0.15) is 36.5 Å². The van der Waals surface area contributed by atoms with E-state index < -0.39 is 5.41 Å². The lowest BCUT2D eigenvalue weighted by Gasteiger charge is -2.38. The minimum absolute atomic E-state index is 0. The normalized spacial score (nSPS) is 25.8. The fraction of sp³-hybridized carbons (Fsp3) is 0.406. The average Bonchev–Trinajstić information content (AvgIpc) is 3.26. The number of amides is 1. The Labute approximate surface area is 250 Å². The van der Waals surface area contributed by atoms with E-state index in [9.17, 15) is 4.79 Å². The summed E-state index contributed by atoms with van der Waals surface area (Å²) >= 11 is 3.58. The second-order valence-corrected chi connectivity index (χ2v) is 12.4. The molecule has 0 radical (unpaired) electrons. The van der Waals surface area contributed by atoms with Crippen molar-refractivity contribution in [1.29, 1.82) is 0 Å². The Hall–Kier alpha value is -2.35. The number of ether oxygens (including phenoxy) is 2. The number of likely N-dealkylation sites (tertiary alicyclic amines) is 1. The summed E-state index contributed by atoms with van der Waals surface area (Å²) in [6.45, 7) is 6.84. The second kappa shape index (κ2) is 11.3. The number of carbonyl (C=O) groups excluding carboxylic acids is 1. The van der Waals surface area contributed by atoms with E-state index >= 15 is 0 Å². The van der Waals surface area contributed by atoms with Gasteiger partial charge in [0.15, 0.2) is 11.5 Å². The summed E-state index contributed by atoms with van der Waals surface area (Å²) in [5.74, 6) is 3.37. The van der Waals surface area contributed by atoms with Gasteiger partial charge in [0.25, 0.3) is 0 Å². The van der Waals surface area contributed by atoms with Gasteiger partial charge in [-0.3, -0.25) is 4.79 Å². The van der Waals surface area contributed by atoms with Gasteiger partial charge in [-0.1, -0.05) is 71.4 Å². The molecule has 1 saturated carbocycles. The predicted octanol–water partition coefficient (Wildman–Crippen LogP) is 2.84. The zero-order valence-electron chi connectivity index (χ0n) is 22.3. The van der Waals surface area contributed by atoms with Crippen LogP contribution < -0.4 is 32.2 Å². The van der Waals surface area contributed by atoms with Crippen LogP contribution in [0.25, 0.3) is 0 Å². The molecule has 3 unspecified atom stereocenters. The monoisotopic (exact) mass is 654 g/mol. The summed E-state index contributed by atoms with van der Waals surface area (Å²) in [6, 6.07) is 25.3. The summed E-state index contributed by atoms with van der Waals surface area (Å²) in [5.41, 5.74) is 9.25. The molecule has 1 aliphatic carbocycles. The number of piperidine rings is 1. The number of benzene rings is 3. The minimum Gasteiger partial charge on any atom is -1.00 e. The number of carbonyl (C=O) groups is 1. The maximum absolute atomic E-state index is 12.9. The maximum Gasteiger partial charge on any atom is 0.231 e. The van der Waals surface area contributed by atoms with E-state index in [1.807, 2.05) is 24.3 Å². The van der Waals surface area contributed by atoms with Crippen molar-refractivity contribution in [3.05, 3.63) is 94.0 Å². The Bertz CT molecular complexity index is 1300. The third kappa shape index (κ3) is 5.50. The second-order valence-electron chi connectivity index (χ2n) is 11.5. The number of halogens is 2. The Morgan fingerprint density at radius 2 is 1.64 bits per heavy atom. The van der Waals surface area contributed by atoms with E-state index in [1.165, 1.54) is 11.1 Å². The fourth-order valence-electron chi connectivity index (χ4n) is 7.21. The van der Waals surface area contributed by atoms with Crippen LogP contribution in [0.2, 0.25) is 0 Å². The van der Waals surface area contributed by atoms with Crippen molar-refractivity contribution >= 4 is 21.8 Å². The SMILES string of the molecule is CCC(CC1C2C[N+](CCc3ccc4c(c3)OCO4)(Cc3ccc(Br)cc3)CC12)(C(N)=O)c1ccccc1.[Br-]. The zero-order valence-corrected chi connectivity index (χ0v) is 25.5. The van der Waals surface area contributed by atoms with Crippen LogP contribution in [0.15, 0.2) is 77.3 Å². The fourth-order valence-corrected chi connectivity index (χ4v) is 7.48. The van der Waals surface area contributed by atoms with Gasteiger partial charge in [0.05, 0.1) is 25.0 Å². The van der Waals surface area contributed by atoms with Crippen molar-refractivity contribution in [3.63, 3.8) is 0 Å². The van der Waals surface area contributed by atoms with Crippen LogP contribution in [0.4, 0.5) is 0 Å². The summed E-state index contributed by atoms with van der Waals surface area (Å²) in [7, 11) is 0. The average molecular weight is 656 g/mol. The van der Waals surface area contributed by atoms with Crippen LogP contribution in [-0.4, -0.2) is 36.8 Å². The van der Waals surface area contributed by atoms with E-state index in [0.29, 0.717) is 24.5 Å². The molecule has 206 valence electrons. The van der Waals surface area contributed by atoms with Crippen molar-refractivity contribution in [1.82, 2.24) is 0 Å². The van der Waals surface area contributed by atoms with E-state index in [0.717, 1.165) is 71.5 Å². The summed E-state index contributed by atoms with van der Waals surface area (Å²) in [5, 5.41) is 0. The highest BCUT2D eigenvalue weighted by atomic mass is 79.9. The van der Waals surface area contributed by atoms with Gasteiger partial charge in [-0.15, -0.1) is 0 Å². The van der Waals surface area contributed by atoms with E-state index in [-0.39, 0.29) is 22.9 Å². The molecule has 7 heteroatoms. The summed E-state index contributed by atoms with van der Waals surface area (Å²) < 4.78 is 13.3. The number of quaternary nitrogens is 1. The molecule has 3 atom stereocenters. The van der Waals surface area contributed by atoms with Crippen LogP contribution in [-0.2, 0) is 23.2 Å². The lowest BCUT2D eigenvalue weighted by atomic mass is 9.72. The van der Waals surface area contributed by atoms with Gasteiger partial charge in [-0.05, 0) is 54.2 Å². The van der Waals surface area contributed by atoms with Gasteiger partial charge in [-0.25, -0.2) is 0 Å². The molecule has 1 amide bonds. The maximum atomic E-state index is 12.9. The first-order valence-corrected chi connectivity index (χ1v) is 14.5. The number of hydrogen-bond acceptors (Lipinski definition) is 3. The zero-order chi connectivity index (χ0) is 26.3. The van der Waals surface area contributed by atoms with Crippen LogP contribution in [0.5, 0.6) is 11.5 Å². The molecule has 0 aromatic heterocycles. The molecular formula is C32H36Br2N2O3. The number of primary amides is 1. The first-order valence-electron chi connectivity index (χ1n) is 13.7. The molecule has 2 fully saturated rings. The standard InChI is InChI=1S/C32H35BrN2O3.BrH/c1-2-32(31(34)36,24-6-4-3-5-7-24)17-26-27-19-35(20-28(26)27,18-23-8-11-25(33)12-9-23)15-14-22-10-13-29-30(16-22)38-21-37-29;/h3-13,16,26-28H,2,14-15,17-21H2,1H3,(H-,34,36);1H. The van der Waals surface area contributed by atoms with Gasteiger partial charge in [0, 0.05) is 28.3 Å². The number of nitrogens with two attached hydrogens (primary N) is 1. The Morgan fingerprint density at radius 3 is 2.31 bits per heavy atom. The first kappa shape index (κ1) is 28.2. The van der Waals surface area contributed by atoms with Gasteiger partial charge >= 0.3 is 0 Å². The molecule has 2 N–H and O–H groups in total. The number of hydrogen-bond donors (Lipinski definition) is 1. The van der Waals surface area contributed by atoms with Crippen LogP contribution in [0, 0.1) is 17.8 Å². The van der Waals surface area contributed by atoms with Gasteiger partial charge < -0.3 is 36.7 Å². The van der Waals surface area contributed by atoms with Gasteiger partial charge in [0.2, 0.25) is 12.7 Å². The Kier molecular flexibility index (Phi) is 8.14. The molecule has 2 aliphatic heterocycles. The van der Waals surface area contributed by atoms with Crippen LogP contribution >= 0.6 is 15.9 Å². The summed E-state index contributed by atoms with van der Waals surface area (Å²) in [4.78, 5) is 12.9. The van der Waals surface area contributed by atoms with Crippen LogP contribution in [0.3, 0.4) is 0 Å². The van der Waals surface area contributed by atoms with E-state index in [1.54, 1.807) is 0 Å². The van der Waals surface area contributed by atoms with Crippen molar-refractivity contribution in [3.8, 4) is 11.5 Å². The molecule has 3 aromatic rings. The Morgan fingerprint density at radius 1 is 0.974 bits per heavy atom. The number of nitrogens with zero attached hydrogens (tertiary/aromatic N) is 1. The topological polar surface area (TPSA) is 61.6 Å². The quantitative estimate of drug-likeness (QED) is 0.342. The van der Waals surface area contributed by atoms with E-state index in [2.05, 4.69) is 71.4 Å². The van der Waals surface area contributed by atoms with Crippen molar-refractivity contribution in [2.45, 2.75) is 38.1 Å². The summed E-state index contributed by atoms with van der Waals surface area (Å²) in [6.07, 6.45) is 2.60. The molecule has 6 rings (SSSR count). The smallest absolute Gasteiger partial charge is 0.231 e. The van der Waals surface area contributed by atoms with Gasteiger partial charge in [-0.2, -0.15) is 0 Å². The lowest BCUT2D eigenvalue weighted by molar-refractivity contribution is -0.934. The highest BCUT2D eigenvalue weighted by molar-refractivity contribution is 9.10. The highest BCUT2D eigenvalue weighted by Crippen LogP contribution is 2.59. The molecular weight excluding hydrogens is 620 g/mol. The molecule has 0 bridgehead atoms. The van der Waals surface area contributed by atoms with Crippen molar-refractivity contribution in [2.24, 2.45) is 23.5 Å². The predicted molar refractivity (Wildman–Crippen MR) is 152 cm³/mol. The molecule has 3 aliphatic rings. The highest BCUT2D eigenvalue weighted by Gasteiger charge is 2.64. The largest absolute Gasteiger partial charge is 1.00 e. The third-order valence-corrected chi connectivity index (χ3v) is 9.96. The molecule has 3 aromatic carbocycles.